The summed E-state index contributed by atoms with van der Waals surface area (Å²) in [4.78, 5) is 1.29. The van der Waals surface area contributed by atoms with Crippen LogP contribution in [0, 0.1) is 5.82 Å². The van der Waals surface area contributed by atoms with E-state index >= 15 is 0 Å². The Morgan fingerprint density at radius 2 is 1.62 bits per heavy atom. The van der Waals surface area contributed by atoms with E-state index in [1.165, 1.54) is 27.8 Å². The molecule has 0 aliphatic carbocycles. The van der Waals surface area contributed by atoms with Gasteiger partial charge in [-0.3, -0.25) is 0 Å². The van der Waals surface area contributed by atoms with Gasteiger partial charge in [-0.05, 0) is 59.2 Å². The Bertz CT molecular complexity index is 776. The van der Waals surface area contributed by atoms with Crippen LogP contribution in [0.5, 0.6) is 0 Å². The zero-order chi connectivity index (χ0) is 16.1. The van der Waals surface area contributed by atoms with Gasteiger partial charge in [0.25, 0.3) is 0 Å². The molecular formula is C20H21ClFNS. The van der Waals surface area contributed by atoms with Crippen LogP contribution in [-0.4, -0.2) is 5.75 Å². The summed E-state index contributed by atoms with van der Waals surface area (Å²) < 4.78 is 12.9. The van der Waals surface area contributed by atoms with Gasteiger partial charge in [0.15, 0.2) is 0 Å². The smallest absolute Gasteiger partial charge is 0.123 e. The minimum absolute atomic E-state index is 0. The number of hydrogen-bond acceptors (Lipinski definition) is 2. The molecule has 1 nitrogen and oxygen atoms in total. The van der Waals surface area contributed by atoms with Crippen molar-refractivity contribution in [1.29, 1.82) is 0 Å². The van der Waals surface area contributed by atoms with E-state index in [4.69, 9.17) is 5.73 Å². The van der Waals surface area contributed by atoms with Crippen molar-refractivity contribution in [2.45, 2.75) is 23.8 Å². The lowest BCUT2D eigenvalue weighted by molar-refractivity contribution is 0.617. The van der Waals surface area contributed by atoms with E-state index in [0.717, 1.165) is 24.2 Å². The predicted molar refractivity (Wildman–Crippen MR) is 104 cm³/mol. The van der Waals surface area contributed by atoms with Gasteiger partial charge in [0, 0.05) is 10.9 Å². The maximum absolute atomic E-state index is 12.9. The molecule has 0 radical (unpaired) electrons. The molecule has 3 aromatic carbocycles. The molecule has 0 aromatic heterocycles. The van der Waals surface area contributed by atoms with Gasteiger partial charge < -0.3 is 5.73 Å². The number of halogens is 2. The quantitative estimate of drug-likeness (QED) is 0.432. The van der Waals surface area contributed by atoms with E-state index in [1.807, 2.05) is 11.8 Å². The number of thioether (sulfide) groups is 1. The van der Waals surface area contributed by atoms with E-state index < -0.39 is 0 Å². The Hall–Kier alpha value is -1.55. The van der Waals surface area contributed by atoms with Crippen molar-refractivity contribution in [2.75, 3.05) is 5.75 Å². The van der Waals surface area contributed by atoms with Gasteiger partial charge in [-0.1, -0.05) is 42.5 Å². The predicted octanol–water partition coefficient (Wildman–Crippen LogP) is 5.97. The summed E-state index contributed by atoms with van der Waals surface area (Å²) in [5.41, 5.74) is 7.17. The van der Waals surface area contributed by atoms with Crippen molar-refractivity contribution < 1.29 is 4.39 Å². The van der Waals surface area contributed by atoms with E-state index in [0.29, 0.717) is 0 Å². The summed E-state index contributed by atoms with van der Waals surface area (Å²) >= 11 is 1.86. The largest absolute Gasteiger partial charge is 0.324 e. The second-order valence-corrected chi connectivity index (χ2v) is 6.83. The van der Waals surface area contributed by atoms with Gasteiger partial charge in [-0.2, -0.15) is 0 Å². The fourth-order valence-corrected chi connectivity index (χ4v) is 3.55. The molecule has 24 heavy (non-hydrogen) atoms. The van der Waals surface area contributed by atoms with Crippen LogP contribution in [0.4, 0.5) is 4.39 Å². The molecule has 0 amide bonds. The first-order valence-electron chi connectivity index (χ1n) is 7.85. The van der Waals surface area contributed by atoms with E-state index in [9.17, 15) is 4.39 Å². The Kier molecular flexibility index (Phi) is 7.10. The Morgan fingerprint density at radius 3 is 2.38 bits per heavy atom. The molecule has 4 heteroatoms. The van der Waals surface area contributed by atoms with Crippen molar-refractivity contribution in [3.05, 3.63) is 78.1 Å². The van der Waals surface area contributed by atoms with Crippen LogP contribution in [0.15, 0.2) is 71.6 Å². The van der Waals surface area contributed by atoms with E-state index in [-0.39, 0.29) is 24.3 Å². The standard InChI is InChI=1S/C20H20FNS.ClH/c21-18-10-7-16(8-11-18)20(22)6-3-13-23-19-12-9-15-4-1-2-5-17(15)14-19;/h1-2,4-5,7-12,14,20H,3,6,13,22H2;1H. The van der Waals surface area contributed by atoms with Gasteiger partial charge >= 0.3 is 0 Å². The van der Waals surface area contributed by atoms with Crippen LogP contribution in [0.1, 0.15) is 24.4 Å². The first-order chi connectivity index (χ1) is 11.2. The molecule has 0 aliphatic rings. The third-order valence-electron chi connectivity index (χ3n) is 3.95. The number of benzene rings is 3. The van der Waals surface area contributed by atoms with Crippen LogP contribution < -0.4 is 5.73 Å². The van der Waals surface area contributed by atoms with Crippen molar-refractivity contribution in [3.8, 4) is 0 Å². The molecule has 0 spiro atoms. The maximum Gasteiger partial charge on any atom is 0.123 e. The zero-order valence-electron chi connectivity index (χ0n) is 13.3. The van der Waals surface area contributed by atoms with Crippen LogP contribution in [0.25, 0.3) is 10.8 Å². The average Bonchev–Trinajstić information content (AvgIpc) is 2.59. The van der Waals surface area contributed by atoms with E-state index in [2.05, 4.69) is 42.5 Å². The topological polar surface area (TPSA) is 26.0 Å². The molecule has 3 rings (SSSR count). The molecule has 0 bridgehead atoms. The summed E-state index contributed by atoms with van der Waals surface area (Å²) in [6, 6.07) is 21.5. The lowest BCUT2D eigenvalue weighted by atomic mass is 10.0. The van der Waals surface area contributed by atoms with Crippen LogP contribution in [-0.2, 0) is 0 Å². The highest BCUT2D eigenvalue weighted by Gasteiger charge is 2.06. The van der Waals surface area contributed by atoms with Crippen molar-refractivity contribution >= 4 is 34.9 Å². The van der Waals surface area contributed by atoms with Gasteiger partial charge in [0.1, 0.15) is 5.82 Å². The molecule has 0 heterocycles. The monoisotopic (exact) mass is 361 g/mol. The third-order valence-corrected chi connectivity index (χ3v) is 5.03. The normalized spacial score (nSPS) is 11.9. The third kappa shape index (κ3) is 4.97. The van der Waals surface area contributed by atoms with Gasteiger partial charge in [-0.25, -0.2) is 4.39 Å². The van der Waals surface area contributed by atoms with Crippen LogP contribution in [0.3, 0.4) is 0 Å². The molecular weight excluding hydrogens is 341 g/mol. The molecule has 1 unspecified atom stereocenters. The highest BCUT2D eigenvalue weighted by molar-refractivity contribution is 7.99. The highest BCUT2D eigenvalue weighted by atomic mass is 35.5. The lowest BCUT2D eigenvalue weighted by Gasteiger charge is -2.11. The Balaban J connectivity index is 0.00000208. The Morgan fingerprint density at radius 1 is 0.917 bits per heavy atom. The number of hydrogen-bond donors (Lipinski definition) is 1. The SMILES string of the molecule is Cl.NC(CCCSc1ccc2ccccc2c1)c1ccc(F)cc1. The first kappa shape index (κ1) is 18.8. The van der Waals surface area contributed by atoms with Crippen molar-refractivity contribution in [1.82, 2.24) is 0 Å². The molecule has 0 saturated heterocycles. The minimum atomic E-state index is -0.215. The zero-order valence-corrected chi connectivity index (χ0v) is 15.0. The second kappa shape index (κ2) is 9.07. The molecule has 3 aromatic rings. The molecule has 2 N–H and O–H groups in total. The summed E-state index contributed by atoms with van der Waals surface area (Å²) in [6.07, 6.45) is 1.95. The van der Waals surface area contributed by atoms with Gasteiger partial charge in [0.05, 0.1) is 0 Å². The summed E-state index contributed by atoms with van der Waals surface area (Å²) in [5.74, 6) is 0.820. The molecule has 0 fully saturated rings. The summed E-state index contributed by atoms with van der Waals surface area (Å²) in [7, 11) is 0. The summed E-state index contributed by atoms with van der Waals surface area (Å²) in [5, 5.41) is 2.55. The molecule has 0 aliphatic heterocycles. The number of nitrogens with two attached hydrogens (primary N) is 1. The molecule has 126 valence electrons. The second-order valence-electron chi connectivity index (χ2n) is 5.66. The number of fused-ring (bicyclic) bond motifs is 1. The van der Waals surface area contributed by atoms with Gasteiger partial charge in [0.2, 0.25) is 0 Å². The van der Waals surface area contributed by atoms with Crippen molar-refractivity contribution in [2.24, 2.45) is 5.73 Å². The minimum Gasteiger partial charge on any atom is -0.324 e. The Labute approximate surface area is 152 Å². The highest BCUT2D eigenvalue weighted by Crippen LogP contribution is 2.25. The number of rotatable bonds is 6. The fraction of sp³-hybridized carbons (Fsp3) is 0.200. The van der Waals surface area contributed by atoms with Gasteiger partial charge in [-0.15, -0.1) is 24.2 Å². The summed E-state index contributed by atoms with van der Waals surface area (Å²) in [6.45, 7) is 0. The van der Waals surface area contributed by atoms with Crippen LogP contribution in [0.2, 0.25) is 0 Å². The van der Waals surface area contributed by atoms with Crippen molar-refractivity contribution in [3.63, 3.8) is 0 Å². The fourth-order valence-electron chi connectivity index (χ4n) is 2.63. The maximum atomic E-state index is 12.9. The molecule has 0 saturated carbocycles. The lowest BCUT2D eigenvalue weighted by Crippen LogP contribution is -2.10. The first-order valence-corrected chi connectivity index (χ1v) is 8.83. The molecule has 1 atom stereocenters. The van der Waals surface area contributed by atoms with E-state index in [1.54, 1.807) is 12.1 Å². The van der Waals surface area contributed by atoms with Crippen LogP contribution >= 0.6 is 24.2 Å². The average molecular weight is 362 g/mol.